The lowest BCUT2D eigenvalue weighted by molar-refractivity contribution is -0.665. The topological polar surface area (TPSA) is 19.4 Å². The zero-order valence-corrected chi connectivity index (χ0v) is 78.8. The van der Waals surface area contributed by atoms with Gasteiger partial charge >= 0.3 is 0 Å². The number of nitrogens with zero attached hydrogens (tertiary/aromatic N) is 5. The van der Waals surface area contributed by atoms with Crippen molar-refractivity contribution in [1.82, 2.24) is 0 Å². The molecule has 0 aliphatic heterocycles. The highest BCUT2D eigenvalue weighted by Crippen LogP contribution is 2.42. The largest absolute Gasteiger partial charge is 0.220 e. The molecule has 0 bridgehead atoms. The van der Waals surface area contributed by atoms with Crippen molar-refractivity contribution >= 4 is 53.9 Å². The summed E-state index contributed by atoms with van der Waals surface area (Å²) in [6, 6.07) is 66.1. The number of hydrogen-bond donors (Lipinski definition) is 0. The van der Waals surface area contributed by atoms with Gasteiger partial charge in [-0.1, -0.05) is 166 Å². The minimum atomic E-state index is -0.0956. The highest BCUT2D eigenvalue weighted by molar-refractivity contribution is 5.99. The molecule has 15 aromatic rings. The Morgan fingerprint density at radius 1 is 0.283 bits per heavy atom. The number of hydrogen-bond acceptors (Lipinski definition) is 0. The van der Waals surface area contributed by atoms with Gasteiger partial charge in [-0.3, -0.25) is 0 Å². The van der Waals surface area contributed by atoms with Crippen LogP contribution in [0.5, 0.6) is 0 Å². The predicted molar refractivity (Wildman–Crippen MR) is 511 cm³/mol. The van der Waals surface area contributed by atoms with E-state index in [0.717, 1.165) is 28.3 Å². The molecule has 0 amide bonds. The monoisotopic (exact) mass is 1590 g/mol. The molecule has 0 N–H and O–H groups in total. The van der Waals surface area contributed by atoms with Crippen molar-refractivity contribution in [3.63, 3.8) is 0 Å². The van der Waals surface area contributed by atoms with E-state index in [1.807, 2.05) is 26.8 Å². The fourth-order valence-corrected chi connectivity index (χ4v) is 18.3. The lowest BCUT2D eigenvalue weighted by atomic mass is 9.82. The zero-order valence-electron chi connectivity index (χ0n) is 78.8. The van der Waals surface area contributed by atoms with Crippen LogP contribution in [0.4, 0.5) is 4.39 Å². The fourth-order valence-electron chi connectivity index (χ4n) is 18.3. The van der Waals surface area contributed by atoms with Gasteiger partial charge in [-0.25, -0.2) is 4.39 Å². The number of aryl methyl sites for hydroxylation is 16. The summed E-state index contributed by atoms with van der Waals surface area (Å²) in [7, 11) is 10.8. The Balaban J connectivity index is 0.000000138. The SMILES string of the molecule is Cc1cc(C)c(C)c(-c2c3ccc(C)cc3cc(C)[n+]2C)c1.Cc1ccc2c(-c3cc(C(C)(C)C)cc(C)c3C)[n+](C)c(C)cc2c1.Cc1ccc2c(-c3cc(C(C)C)cc(C)c3C)[n+](C)c(C)cc2c1.Cc1ccc2c(-c3cc(C)c(F)c(C)c3C)[n+](C)c(C)cc2c1.Cc1ccc2c(-c3cc(C4CCCC4)cc(C)c3C)[n+](C)c(C)cc2c1. The Morgan fingerprint density at radius 3 is 0.908 bits per heavy atom. The van der Waals surface area contributed by atoms with Crippen LogP contribution in [0, 0.1) is 158 Å². The molecule has 0 radical (unpaired) electrons. The minimum absolute atomic E-state index is 0.0956. The van der Waals surface area contributed by atoms with Gasteiger partial charge in [0.25, 0.3) is 0 Å². The number of halogens is 1. The summed E-state index contributed by atoms with van der Waals surface area (Å²) in [6.45, 7) is 58.9. The second kappa shape index (κ2) is 35.5. The van der Waals surface area contributed by atoms with E-state index in [2.05, 4.69) is 394 Å². The van der Waals surface area contributed by atoms with Crippen LogP contribution in [-0.2, 0) is 40.7 Å². The van der Waals surface area contributed by atoms with Crippen LogP contribution < -0.4 is 22.8 Å². The van der Waals surface area contributed by atoms with Gasteiger partial charge in [0.2, 0.25) is 28.5 Å². The summed E-state index contributed by atoms with van der Waals surface area (Å²) in [5.74, 6) is 1.19. The quantitative estimate of drug-likeness (QED) is 0.142. The van der Waals surface area contributed by atoms with Crippen molar-refractivity contribution in [3.05, 3.63) is 321 Å². The standard InChI is InChI=1S/C25H30N.C24H30N.C23H28N.C21H23FN.C21H24N/c1-16-10-11-23-22(12-16)14-18(3)26(5)25(23)24-15-21(13-17(2)19(24)4)20-8-6-7-9-20;1-15-9-10-21-19(11-15)13-17(3)25(8)23(21)22-14-20(24(5,6)7)12-16(2)18(22)4;1-14(2)19-11-16(4)18(6)22(13-19)23-21-9-8-15(3)10-20(21)12-17(5)24(23)7;1-12-7-8-18-17(9-12)11-14(3)23(6)21(18)19-10-13(2)20(22)16(5)15(19)4;1-13-7-8-19-18(10-13)12-16(4)22(6)21(19)20-11-14(2)9-15(3)17(20)5/h10-15,20H,6-9H2,1-5H3;9-14H,1-8H3;8-14H,1-7H3;7-11H,1-6H3;7-12H,1-6H3/q5*+1. The lowest BCUT2D eigenvalue weighted by Crippen LogP contribution is -2.35. The number of benzene rings is 10. The molecular formula is C114H135FN5+5. The van der Waals surface area contributed by atoms with E-state index in [1.165, 1.54) is 242 Å². The molecule has 0 spiro atoms. The number of fused-ring (bicyclic) bond motifs is 5. The van der Waals surface area contributed by atoms with E-state index >= 15 is 0 Å². The second-order valence-corrected chi connectivity index (χ2v) is 37.4. The van der Waals surface area contributed by atoms with Crippen LogP contribution in [0.3, 0.4) is 0 Å². The molecule has 1 aliphatic carbocycles. The maximum atomic E-state index is 14.2. The Bertz CT molecular complexity index is 6560. The van der Waals surface area contributed by atoms with Gasteiger partial charge in [0, 0.05) is 65.0 Å². The summed E-state index contributed by atoms with van der Waals surface area (Å²) in [6.07, 6.45) is 5.46. The highest BCUT2D eigenvalue weighted by atomic mass is 19.1. The van der Waals surface area contributed by atoms with Crippen LogP contribution in [0.1, 0.15) is 212 Å². The molecule has 16 rings (SSSR count). The average Bonchev–Trinajstić information content (AvgIpc) is 0.881. The summed E-state index contributed by atoms with van der Waals surface area (Å²) >= 11 is 0. The normalized spacial score (nSPS) is 12.3. The predicted octanol–water partition coefficient (Wildman–Crippen LogP) is 27.7. The molecule has 5 heterocycles. The molecule has 1 aliphatic rings. The van der Waals surface area contributed by atoms with Gasteiger partial charge < -0.3 is 0 Å². The number of aromatic nitrogens is 5. The molecule has 6 heteroatoms. The Kier molecular flexibility index (Phi) is 26.1. The molecule has 120 heavy (non-hydrogen) atoms. The molecule has 0 atom stereocenters. The van der Waals surface area contributed by atoms with Crippen molar-refractivity contribution in [2.75, 3.05) is 0 Å². The molecule has 618 valence electrons. The van der Waals surface area contributed by atoms with E-state index in [1.54, 1.807) is 5.56 Å². The van der Waals surface area contributed by atoms with Crippen LogP contribution in [0.25, 0.3) is 110 Å². The van der Waals surface area contributed by atoms with E-state index in [9.17, 15) is 4.39 Å². The molecule has 1 saturated carbocycles. The number of rotatable bonds is 7. The molecule has 0 saturated heterocycles. The van der Waals surface area contributed by atoms with Crippen molar-refractivity contribution in [1.29, 1.82) is 0 Å². The van der Waals surface area contributed by atoms with Crippen molar-refractivity contribution in [3.8, 4) is 56.3 Å². The van der Waals surface area contributed by atoms with E-state index in [-0.39, 0.29) is 11.2 Å². The first kappa shape index (κ1) is 88.5. The molecule has 5 nitrogen and oxygen atoms in total. The van der Waals surface area contributed by atoms with Crippen molar-refractivity contribution in [2.24, 2.45) is 35.2 Å². The third kappa shape index (κ3) is 18.0. The first-order chi connectivity index (χ1) is 56.5. The van der Waals surface area contributed by atoms with Crippen molar-refractivity contribution < 1.29 is 27.2 Å². The summed E-state index contributed by atoms with van der Waals surface area (Å²) < 4.78 is 25.8. The molecule has 1 fully saturated rings. The van der Waals surface area contributed by atoms with E-state index in [4.69, 9.17) is 0 Å². The van der Waals surface area contributed by atoms with Gasteiger partial charge in [0.15, 0.2) is 28.5 Å². The summed E-state index contributed by atoms with van der Waals surface area (Å²) in [4.78, 5) is 0. The van der Waals surface area contributed by atoms with Crippen molar-refractivity contribution in [2.45, 2.75) is 230 Å². The van der Waals surface area contributed by atoms with E-state index in [0.29, 0.717) is 11.5 Å². The minimum Gasteiger partial charge on any atom is -0.206 e. The van der Waals surface area contributed by atoms with Gasteiger partial charge in [0.05, 0.1) is 54.7 Å². The highest BCUT2D eigenvalue weighted by Gasteiger charge is 2.30. The molecule has 5 aromatic heterocycles. The van der Waals surface area contributed by atoms with Gasteiger partial charge in [-0.2, -0.15) is 22.8 Å². The van der Waals surface area contributed by atoms with Crippen LogP contribution in [-0.4, -0.2) is 0 Å². The second-order valence-electron chi connectivity index (χ2n) is 37.4. The fraction of sp³-hybridized carbons (Fsp3) is 0.342. The van der Waals surface area contributed by atoms with Gasteiger partial charge in [0.1, 0.15) is 41.1 Å². The summed E-state index contributed by atoms with van der Waals surface area (Å²) in [5.41, 5.74) is 45.2. The maximum Gasteiger partial charge on any atom is 0.220 e. The van der Waals surface area contributed by atoms with Crippen LogP contribution in [0.2, 0.25) is 0 Å². The first-order valence-corrected chi connectivity index (χ1v) is 43.7. The van der Waals surface area contributed by atoms with E-state index < -0.39 is 0 Å². The Labute approximate surface area is 719 Å². The summed E-state index contributed by atoms with van der Waals surface area (Å²) in [5, 5.41) is 13.1. The molecule has 10 aromatic carbocycles. The smallest absolute Gasteiger partial charge is 0.206 e. The maximum absolute atomic E-state index is 14.2. The lowest BCUT2D eigenvalue weighted by Gasteiger charge is -2.22. The number of pyridine rings is 5. The third-order valence-electron chi connectivity index (χ3n) is 27.0. The Morgan fingerprint density at radius 2 is 0.575 bits per heavy atom. The van der Waals surface area contributed by atoms with Gasteiger partial charge in [-0.15, -0.1) is 0 Å². The third-order valence-corrected chi connectivity index (χ3v) is 27.0. The molecule has 0 unspecified atom stereocenters. The molecular weight excluding hydrogens is 1460 g/mol. The zero-order chi connectivity index (χ0) is 87.4. The first-order valence-electron chi connectivity index (χ1n) is 43.7. The Hall–Kier alpha value is -10.8. The van der Waals surface area contributed by atoms with Gasteiger partial charge in [-0.05, 0) is 313 Å². The van der Waals surface area contributed by atoms with Crippen LogP contribution in [0.15, 0.2) is 176 Å². The average molecular weight is 1590 g/mol. The van der Waals surface area contributed by atoms with Crippen LogP contribution >= 0.6 is 0 Å².